The predicted octanol–water partition coefficient (Wildman–Crippen LogP) is 5.13. The lowest BCUT2D eigenvalue weighted by Crippen LogP contribution is -2.75. The van der Waals surface area contributed by atoms with Gasteiger partial charge < -0.3 is 15.0 Å². The van der Waals surface area contributed by atoms with Crippen molar-refractivity contribution in [1.82, 2.24) is 10.2 Å². The molecular weight excluding hydrogens is 535 g/mol. The zero-order valence-electron chi connectivity index (χ0n) is 19.9. The molecule has 6 nitrogen and oxygen atoms in total. The van der Waals surface area contributed by atoms with E-state index in [0.29, 0.717) is 5.56 Å². The summed E-state index contributed by atoms with van der Waals surface area (Å²) in [6, 6.07) is 24.6. The molecule has 1 fully saturated rings. The molecule has 2 amide bonds. The molecule has 9 heteroatoms. The number of carbonyl (C=O) groups is 3. The summed E-state index contributed by atoms with van der Waals surface area (Å²) >= 11 is 19.4. The molecule has 0 saturated carbocycles. The number of halogens is 3. The van der Waals surface area contributed by atoms with Crippen molar-refractivity contribution < 1.29 is 19.1 Å². The lowest BCUT2D eigenvalue weighted by molar-refractivity contribution is -0.168. The van der Waals surface area contributed by atoms with Gasteiger partial charge in [0.15, 0.2) is 12.1 Å². The third-order valence-corrected chi connectivity index (χ3v) is 7.65. The maximum atomic E-state index is 13.7. The summed E-state index contributed by atoms with van der Waals surface area (Å²) < 4.78 is 5.99. The molecule has 0 aromatic heterocycles. The molecule has 1 aliphatic rings. The van der Waals surface area contributed by atoms with E-state index < -0.39 is 46.3 Å². The van der Waals surface area contributed by atoms with Crippen molar-refractivity contribution in [3.8, 4) is 0 Å². The first-order chi connectivity index (χ1) is 17.7. The van der Waals surface area contributed by atoms with Gasteiger partial charge in [-0.3, -0.25) is 9.59 Å². The van der Waals surface area contributed by atoms with Gasteiger partial charge in [-0.25, -0.2) is 4.79 Å². The summed E-state index contributed by atoms with van der Waals surface area (Å²) in [5, 5.41) is 2.63. The van der Waals surface area contributed by atoms with E-state index in [0.717, 1.165) is 16.0 Å². The van der Waals surface area contributed by atoms with Crippen LogP contribution < -0.4 is 5.32 Å². The highest BCUT2D eigenvalue weighted by molar-refractivity contribution is 6.33. The second kappa shape index (κ2) is 11.5. The molecule has 3 aromatic rings. The molecule has 0 aliphatic carbocycles. The van der Waals surface area contributed by atoms with Gasteiger partial charge >= 0.3 is 5.97 Å². The van der Waals surface area contributed by atoms with Gasteiger partial charge in [-0.15, -0.1) is 23.2 Å². The van der Waals surface area contributed by atoms with E-state index in [2.05, 4.69) is 5.32 Å². The summed E-state index contributed by atoms with van der Waals surface area (Å²) in [5.74, 6) is -1.94. The van der Waals surface area contributed by atoms with Gasteiger partial charge in [0, 0.05) is 11.4 Å². The molecule has 1 N–H and O–H groups in total. The zero-order valence-corrected chi connectivity index (χ0v) is 22.2. The SMILES string of the molecule is CC(Cl)(CCl)C(C(=O)OC(c1ccccc1)c1ccccc1)N1C(=O)[C@@H](NC(=O)c2ccccc2)[C@H]1Cl. The Hall–Kier alpha value is -3.06. The highest BCUT2D eigenvalue weighted by atomic mass is 35.5. The van der Waals surface area contributed by atoms with E-state index >= 15 is 0 Å². The number of nitrogens with zero attached hydrogens (tertiary/aromatic N) is 1. The minimum absolute atomic E-state index is 0.163. The Labute approximate surface area is 230 Å². The highest BCUT2D eigenvalue weighted by Gasteiger charge is 2.57. The van der Waals surface area contributed by atoms with Crippen LogP contribution in [-0.4, -0.2) is 51.0 Å². The number of rotatable bonds is 9. The van der Waals surface area contributed by atoms with E-state index in [1.807, 2.05) is 60.7 Å². The molecule has 0 bridgehead atoms. The average Bonchev–Trinajstić information content (AvgIpc) is 2.94. The van der Waals surface area contributed by atoms with Gasteiger partial charge in [0.1, 0.15) is 11.5 Å². The minimum Gasteiger partial charge on any atom is -0.451 e. The van der Waals surface area contributed by atoms with Crippen LogP contribution in [-0.2, 0) is 14.3 Å². The number of esters is 1. The Morgan fingerprint density at radius 3 is 1.89 bits per heavy atom. The maximum Gasteiger partial charge on any atom is 0.331 e. The smallest absolute Gasteiger partial charge is 0.331 e. The third-order valence-electron chi connectivity index (χ3n) is 6.16. The van der Waals surface area contributed by atoms with Crippen molar-refractivity contribution in [1.29, 1.82) is 0 Å². The molecule has 0 radical (unpaired) electrons. The van der Waals surface area contributed by atoms with E-state index in [9.17, 15) is 14.4 Å². The maximum absolute atomic E-state index is 13.7. The monoisotopic (exact) mass is 558 g/mol. The molecule has 0 spiro atoms. The van der Waals surface area contributed by atoms with Crippen molar-refractivity contribution in [2.45, 2.75) is 35.5 Å². The molecule has 192 valence electrons. The van der Waals surface area contributed by atoms with Crippen LogP contribution in [0.15, 0.2) is 91.0 Å². The quantitative estimate of drug-likeness (QED) is 0.171. The standard InChI is InChI=1S/C28H25Cl3N2O4/c1-28(31,17-29)23(33-24(30)21(26(33)35)32-25(34)20-15-9-4-10-16-20)27(36)37-22(18-11-5-2-6-12-18)19-13-7-3-8-14-19/h2-16,21-24H,17H2,1H3,(H,32,34)/t21-,23?,24-,28?/m0/s1. The second-order valence-electron chi connectivity index (χ2n) is 8.89. The summed E-state index contributed by atoms with van der Waals surface area (Å²) in [6.07, 6.45) is -0.751. The minimum atomic E-state index is -1.40. The van der Waals surface area contributed by atoms with Crippen molar-refractivity contribution in [2.75, 3.05) is 5.88 Å². The first-order valence-corrected chi connectivity index (χ1v) is 13.0. The van der Waals surface area contributed by atoms with Gasteiger partial charge in [-0.05, 0) is 30.2 Å². The van der Waals surface area contributed by atoms with Gasteiger partial charge in [0.05, 0.1) is 4.87 Å². The van der Waals surface area contributed by atoms with Crippen LogP contribution in [0, 0.1) is 0 Å². The molecule has 1 saturated heterocycles. The molecule has 2 unspecified atom stereocenters. The van der Waals surface area contributed by atoms with E-state index in [-0.39, 0.29) is 5.88 Å². The molecular formula is C28H25Cl3N2O4. The lowest BCUT2D eigenvalue weighted by atomic mass is 9.94. The summed E-state index contributed by atoms with van der Waals surface area (Å²) in [5.41, 5.74) is 0.831. The van der Waals surface area contributed by atoms with Gasteiger partial charge in [0.25, 0.3) is 11.8 Å². The molecule has 4 rings (SSSR count). The molecule has 3 aromatic carbocycles. The van der Waals surface area contributed by atoms with Gasteiger partial charge in [-0.1, -0.05) is 90.5 Å². The third kappa shape index (κ3) is 5.77. The Bertz CT molecular complexity index is 1200. The summed E-state index contributed by atoms with van der Waals surface area (Å²) in [4.78, 5) is 39.2. The molecule has 4 atom stereocenters. The van der Waals surface area contributed by atoms with Crippen LogP contribution in [0.25, 0.3) is 0 Å². The Balaban J connectivity index is 1.58. The number of hydrogen-bond acceptors (Lipinski definition) is 4. The number of amides is 2. The van der Waals surface area contributed by atoms with Crippen LogP contribution in [0.2, 0.25) is 0 Å². The van der Waals surface area contributed by atoms with Crippen LogP contribution in [0.5, 0.6) is 0 Å². The Morgan fingerprint density at radius 2 is 1.43 bits per heavy atom. The first kappa shape index (κ1) is 27.0. The Kier molecular flexibility index (Phi) is 8.42. The topological polar surface area (TPSA) is 75.7 Å². The summed E-state index contributed by atoms with van der Waals surface area (Å²) in [6.45, 7) is 1.54. The number of β-lactam (4-membered cyclic amide) rings is 1. The number of benzene rings is 3. The zero-order chi connectivity index (χ0) is 26.6. The predicted molar refractivity (Wildman–Crippen MR) is 144 cm³/mol. The van der Waals surface area contributed by atoms with Crippen molar-refractivity contribution in [2.24, 2.45) is 0 Å². The number of ether oxygens (including phenoxy) is 1. The number of carbonyl (C=O) groups excluding carboxylic acids is 3. The van der Waals surface area contributed by atoms with Crippen LogP contribution >= 0.6 is 34.8 Å². The van der Waals surface area contributed by atoms with E-state index in [1.165, 1.54) is 0 Å². The van der Waals surface area contributed by atoms with Gasteiger partial charge in [-0.2, -0.15) is 0 Å². The fraction of sp³-hybridized carbons (Fsp3) is 0.250. The number of hydrogen-bond donors (Lipinski definition) is 1. The van der Waals surface area contributed by atoms with Crippen molar-refractivity contribution in [3.05, 3.63) is 108 Å². The molecule has 37 heavy (non-hydrogen) atoms. The van der Waals surface area contributed by atoms with E-state index in [4.69, 9.17) is 39.5 Å². The van der Waals surface area contributed by atoms with Gasteiger partial charge in [0.2, 0.25) is 0 Å². The van der Waals surface area contributed by atoms with Crippen molar-refractivity contribution in [3.63, 3.8) is 0 Å². The fourth-order valence-electron chi connectivity index (χ4n) is 4.18. The second-order valence-corrected chi connectivity index (χ2v) is 10.5. The Morgan fingerprint density at radius 1 is 0.946 bits per heavy atom. The summed E-state index contributed by atoms with van der Waals surface area (Å²) in [7, 11) is 0. The van der Waals surface area contributed by atoms with Crippen LogP contribution in [0.1, 0.15) is 34.5 Å². The molecule has 1 heterocycles. The normalized spacial score (nSPS) is 19.5. The lowest BCUT2D eigenvalue weighted by Gasteiger charge is -2.50. The number of nitrogens with one attached hydrogen (secondary N) is 1. The number of likely N-dealkylation sites (tertiary alicyclic amines) is 1. The number of alkyl halides is 3. The first-order valence-electron chi connectivity index (χ1n) is 11.6. The average molecular weight is 560 g/mol. The molecule has 1 aliphatic heterocycles. The van der Waals surface area contributed by atoms with Crippen LogP contribution in [0.4, 0.5) is 0 Å². The van der Waals surface area contributed by atoms with Crippen LogP contribution in [0.3, 0.4) is 0 Å². The van der Waals surface area contributed by atoms with Crippen molar-refractivity contribution >= 4 is 52.6 Å². The fourth-order valence-corrected chi connectivity index (χ4v) is 4.90. The van der Waals surface area contributed by atoms with E-state index in [1.54, 1.807) is 37.3 Å². The largest absolute Gasteiger partial charge is 0.451 e. The highest BCUT2D eigenvalue weighted by Crippen LogP contribution is 2.37.